The zero-order valence-corrected chi connectivity index (χ0v) is 26.3. The van der Waals surface area contributed by atoms with E-state index in [2.05, 4.69) is 0 Å². The molecule has 0 unspecified atom stereocenters. The van der Waals surface area contributed by atoms with Crippen LogP contribution in [0.3, 0.4) is 0 Å². The maximum atomic E-state index is 6.07. The van der Waals surface area contributed by atoms with Crippen molar-refractivity contribution in [1.82, 2.24) is 0 Å². The van der Waals surface area contributed by atoms with Gasteiger partial charge in [0.25, 0.3) is 0 Å². The molecule has 0 N–H and O–H groups in total. The molecule has 0 aliphatic carbocycles. The van der Waals surface area contributed by atoms with E-state index in [1.165, 1.54) is 0 Å². The maximum absolute atomic E-state index is 6.07. The van der Waals surface area contributed by atoms with E-state index in [9.17, 15) is 0 Å². The highest BCUT2D eigenvalue weighted by atomic mass is 16.6. The van der Waals surface area contributed by atoms with Crippen molar-refractivity contribution in [3.05, 3.63) is 0 Å². The number of ether oxygens (including phenoxy) is 8. The fourth-order valence-electron chi connectivity index (χ4n) is 3.03. The van der Waals surface area contributed by atoms with Crippen LogP contribution >= 0.6 is 0 Å². The van der Waals surface area contributed by atoms with Crippen LogP contribution < -0.4 is 0 Å². The molecule has 0 atom stereocenters. The predicted octanol–water partition coefficient (Wildman–Crippen LogP) is 5.30. The summed E-state index contributed by atoms with van der Waals surface area (Å²) in [5, 5.41) is 0. The molecular formula is C29H60O8. The van der Waals surface area contributed by atoms with Crippen molar-refractivity contribution in [2.75, 3.05) is 79.3 Å². The first-order valence-corrected chi connectivity index (χ1v) is 13.7. The first kappa shape index (κ1) is 36.7. The fourth-order valence-corrected chi connectivity index (χ4v) is 3.03. The lowest BCUT2D eigenvalue weighted by Crippen LogP contribution is -2.43. The molecular weight excluding hydrogens is 476 g/mol. The van der Waals surface area contributed by atoms with Crippen molar-refractivity contribution in [2.45, 2.75) is 105 Å². The van der Waals surface area contributed by atoms with Crippen LogP contribution in [0.15, 0.2) is 0 Å². The zero-order valence-electron chi connectivity index (χ0n) is 26.3. The monoisotopic (exact) mass is 536 g/mol. The second-order valence-electron chi connectivity index (χ2n) is 13.6. The van der Waals surface area contributed by atoms with Crippen molar-refractivity contribution in [2.24, 2.45) is 5.41 Å². The van der Waals surface area contributed by atoms with Crippen molar-refractivity contribution in [1.29, 1.82) is 0 Å². The summed E-state index contributed by atoms with van der Waals surface area (Å²) in [5.74, 6) is 0. The van der Waals surface area contributed by atoms with Gasteiger partial charge in [0.1, 0.15) is 0 Å². The van der Waals surface area contributed by atoms with Gasteiger partial charge in [0.2, 0.25) is 0 Å². The molecule has 0 aliphatic rings. The molecule has 0 saturated heterocycles. The van der Waals surface area contributed by atoms with Gasteiger partial charge in [-0.15, -0.1) is 0 Å². The van der Waals surface area contributed by atoms with E-state index in [0.29, 0.717) is 79.3 Å². The first-order valence-electron chi connectivity index (χ1n) is 13.7. The Hall–Kier alpha value is -0.320. The largest absolute Gasteiger partial charge is 0.378 e. The van der Waals surface area contributed by atoms with Crippen molar-refractivity contribution in [3.8, 4) is 0 Å². The topological polar surface area (TPSA) is 73.8 Å². The van der Waals surface area contributed by atoms with Crippen LogP contribution in [0.2, 0.25) is 0 Å². The molecule has 0 spiro atoms. The Bertz CT molecular complexity index is 451. The predicted molar refractivity (Wildman–Crippen MR) is 149 cm³/mol. The van der Waals surface area contributed by atoms with Gasteiger partial charge in [-0.1, -0.05) is 0 Å². The quantitative estimate of drug-likeness (QED) is 0.194. The van der Waals surface area contributed by atoms with E-state index >= 15 is 0 Å². The molecule has 0 radical (unpaired) electrons. The molecule has 0 aromatic carbocycles. The second-order valence-corrected chi connectivity index (χ2v) is 13.6. The smallest absolute Gasteiger partial charge is 0.0707 e. The van der Waals surface area contributed by atoms with Gasteiger partial charge < -0.3 is 37.9 Å². The van der Waals surface area contributed by atoms with Crippen LogP contribution in [0, 0.1) is 5.41 Å². The van der Waals surface area contributed by atoms with Crippen LogP contribution in [0.4, 0.5) is 0 Å². The summed E-state index contributed by atoms with van der Waals surface area (Å²) in [6.45, 7) is 30.0. The fraction of sp³-hybridized carbons (Fsp3) is 1.00. The van der Waals surface area contributed by atoms with E-state index in [4.69, 9.17) is 37.9 Å². The molecule has 224 valence electrons. The Labute approximate surface area is 228 Å². The Kier molecular flexibility index (Phi) is 17.2. The van der Waals surface area contributed by atoms with Crippen LogP contribution in [0.1, 0.15) is 83.1 Å². The molecule has 0 aromatic heterocycles. The van der Waals surface area contributed by atoms with Crippen LogP contribution in [-0.2, 0) is 37.9 Å². The molecule has 0 bridgehead atoms. The Balaban J connectivity index is 5.12. The molecule has 0 aliphatic heterocycles. The van der Waals surface area contributed by atoms with Crippen LogP contribution in [0.5, 0.6) is 0 Å². The number of hydrogen-bond donors (Lipinski definition) is 0. The highest BCUT2D eigenvalue weighted by Crippen LogP contribution is 2.22. The van der Waals surface area contributed by atoms with Crippen LogP contribution in [-0.4, -0.2) is 102 Å². The van der Waals surface area contributed by atoms with E-state index < -0.39 is 5.41 Å². The van der Waals surface area contributed by atoms with Gasteiger partial charge >= 0.3 is 0 Å². The molecule has 0 saturated carbocycles. The maximum Gasteiger partial charge on any atom is 0.0707 e. The summed E-state index contributed by atoms with van der Waals surface area (Å²) in [6.07, 6.45) is 0. The normalized spacial score (nSPS) is 13.9. The van der Waals surface area contributed by atoms with Crippen molar-refractivity contribution in [3.63, 3.8) is 0 Å². The van der Waals surface area contributed by atoms with Gasteiger partial charge in [0.05, 0.1) is 107 Å². The van der Waals surface area contributed by atoms with E-state index in [0.717, 1.165) is 0 Å². The summed E-state index contributed by atoms with van der Waals surface area (Å²) in [5.41, 5.74) is -1.31. The lowest BCUT2D eigenvalue weighted by molar-refractivity contribution is -0.134. The second kappa shape index (κ2) is 17.4. The molecule has 8 nitrogen and oxygen atoms in total. The highest BCUT2D eigenvalue weighted by Gasteiger charge is 2.33. The molecule has 8 heteroatoms. The lowest BCUT2D eigenvalue weighted by atomic mass is 9.92. The average Bonchev–Trinajstić information content (AvgIpc) is 2.69. The third-order valence-corrected chi connectivity index (χ3v) is 4.68. The molecule has 0 heterocycles. The van der Waals surface area contributed by atoms with E-state index in [-0.39, 0.29) is 22.4 Å². The molecule has 0 rings (SSSR count). The standard InChI is InChI=1S/C29H60O8/c1-25(2,3)34-17-13-30-21-29(22-31-14-18-35-26(4,5)6,23-32-15-19-36-27(7,8)9)24-33-16-20-37-28(10,11)12/h13-24H2,1-12H3. The third kappa shape index (κ3) is 25.7. The Morgan fingerprint density at radius 1 is 0.297 bits per heavy atom. The summed E-state index contributed by atoms with van der Waals surface area (Å²) in [7, 11) is 0. The summed E-state index contributed by atoms with van der Waals surface area (Å²) in [6, 6.07) is 0. The van der Waals surface area contributed by atoms with E-state index in [1.54, 1.807) is 0 Å². The number of hydrogen-bond acceptors (Lipinski definition) is 8. The Morgan fingerprint density at radius 3 is 0.649 bits per heavy atom. The molecule has 37 heavy (non-hydrogen) atoms. The van der Waals surface area contributed by atoms with Gasteiger partial charge in [0.15, 0.2) is 0 Å². The third-order valence-electron chi connectivity index (χ3n) is 4.68. The molecule has 0 amide bonds. The SMILES string of the molecule is CC(C)(C)OCCOCC(COCCOC(C)(C)C)(COCCOC(C)(C)C)COCCOC(C)(C)C. The minimum absolute atomic E-state index is 0.205. The highest BCUT2D eigenvalue weighted by molar-refractivity contribution is 4.80. The molecule has 0 fully saturated rings. The van der Waals surface area contributed by atoms with Gasteiger partial charge in [-0.25, -0.2) is 0 Å². The van der Waals surface area contributed by atoms with Gasteiger partial charge in [-0.2, -0.15) is 0 Å². The lowest BCUT2D eigenvalue weighted by Gasteiger charge is -2.33. The summed E-state index contributed by atoms with van der Waals surface area (Å²) >= 11 is 0. The minimum Gasteiger partial charge on any atom is -0.378 e. The average molecular weight is 537 g/mol. The first-order chi connectivity index (χ1) is 16.8. The van der Waals surface area contributed by atoms with Gasteiger partial charge in [-0.05, 0) is 83.1 Å². The van der Waals surface area contributed by atoms with E-state index in [1.807, 2.05) is 83.1 Å². The Morgan fingerprint density at radius 2 is 0.486 bits per heavy atom. The number of rotatable bonds is 20. The van der Waals surface area contributed by atoms with Crippen molar-refractivity contribution < 1.29 is 37.9 Å². The van der Waals surface area contributed by atoms with Crippen molar-refractivity contribution >= 4 is 0 Å². The minimum atomic E-state index is -0.493. The van der Waals surface area contributed by atoms with Gasteiger partial charge in [-0.3, -0.25) is 0 Å². The summed E-state index contributed by atoms with van der Waals surface area (Å²) < 4.78 is 47.5. The van der Waals surface area contributed by atoms with Gasteiger partial charge in [0, 0.05) is 0 Å². The zero-order chi connectivity index (χ0) is 28.6. The molecule has 0 aromatic rings. The summed E-state index contributed by atoms with van der Waals surface area (Å²) in [4.78, 5) is 0. The van der Waals surface area contributed by atoms with Crippen LogP contribution in [0.25, 0.3) is 0 Å².